The van der Waals surface area contributed by atoms with Crippen LogP contribution < -0.4 is 5.32 Å². The van der Waals surface area contributed by atoms with Crippen LogP contribution in [0.3, 0.4) is 0 Å². The molecule has 1 N–H and O–H groups in total. The van der Waals surface area contributed by atoms with E-state index < -0.39 is 0 Å². The molecule has 1 fully saturated rings. The SMILES string of the molecule is C=CCn1cc(CN[C@@H]2CCC[C@@H]2COC)c(C)n1. The first kappa shape index (κ1) is 14.3. The van der Waals surface area contributed by atoms with Gasteiger partial charge in [0.25, 0.3) is 0 Å². The molecule has 1 heterocycles. The largest absolute Gasteiger partial charge is 0.384 e. The molecule has 2 atom stereocenters. The monoisotopic (exact) mass is 263 g/mol. The summed E-state index contributed by atoms with van der Waals surface area (Å²) in [4.78, 5) is 0. The Hall–Kier alpha value is -1.13. The minimum absolute atomic E-state index is 0.585. The second-order valence-electron chi connectivity index (χ2n) is 5.38. The fourth-order valence-electron chi connectivity index (χ4n) is 2.92. The zero-order chi connectivity index (χ0) is 13.7. The first-order valence-electron chi connectivity index (χ1n) is 7.10. The Kier molecular flexibility index (Phi) is 5.16. The molecule has 1 aliphatic rings. The normalized spacial score (nSPS) is 22.8. The van der Waals surface area contributed by atoms with Gasteiger partial charge < -0.3 is 10.1 Å². The molecule has 4 heteroatoms. The highest BCUT2D eigenvalue weighted by molar-refractivity contribution is 5.15. The van der Waals surface area contributed by atoms with Gasteiger partial charge in [-0.15, -0.1) is 6.58 Å². The first-order chi connectivity index (χ1) is 9.24. The summed E-state index contributed by atoms with van der Waals surface area (Å²) in [6.07, 6.45) is 7.83. The molecule has 1 aliphatic carbocycles. The molecule has 1 aromatic rings. The van der Waals surface area contributed by atoms with Crippen LogP contribution in [0.2, 0.25) is 0 Å². The molecule has 1 aromatic heterocycles. The molecule has 19 heavy (non-hydrogen) atoms. The van der Waals surface area contributed by atoms with Crippen molar-refractivity contribution in [2.75, 3.05) is 13.7 Å². The quantitative estimate of drug-likeness (QED) is 0.767. The number of methoxy groups -OCH3 is 1. The number of aryl methyl sites for hydroxylation is 1. The molecule has 2 rings (SSSR count). The van der Waals surface area contributed by atoms with Crippen LogP contribution in [-0.4, -0.2) is 29.5 Å². The lowest BCUT2D eigenvalue weighted by Crippen LogP contribution is -2.34. The van der Waals surface area contributed by atoms with E-state index in [0.717, 1.165) is 25.4 Å². The molecule has 0 spiro atoms. The van der Waals surface area contributed by atoms with Crippen molar-refractivity contribution < 1.29 is 4.74 Å². The van der Waals surface area contributed by atoms with Gasteiger partial charge in [0.05, 0.1) is 18.8 Å². The molecule has 1 saturated carbocycles. The topological polar surface area (TPSA) is 39.1 Å². The van der Waals surface area contributed by atoms with Crippen molar-refractivity contribution in [3.63, 3.8) is 0 Å². The van der Waals surface area contributed by atoms with Gasteiger partial charge in [-0.25, -0.2) is 0 Å². The Labute approximate surface area is 115 Å². The number of aromatic nitrogens is 2. The smallest absolute Gasteiger partial charge is 0.0638 e. The Morgan fingerprint density at radius 2 is 2.42 bits per heavy atom. The maximum atomic E-state index is 5.30. The number of ether oxygens (including phenoxy) is 1. The molecule has 106 valence electrons. The Bertz CT molecular complexity index is 414. The van der Waals surface area contributed by atoms with E-state index in [1.165, 1.54) is 24.8 Å². The summed E-state index contributed by atoms with van der Waals surface area (Å²) in [6, 6.07) is 0.585. The van der Waals surface area contributed by atoms with E-state index in [1.807, 2.05) is 10.8 Å². The van der Waals surface area contributed by atoms with Crippen LogP contribution >= 0.6 is 0 Å². The van der Waals surface area contributed by atoms with E-state index in [2.05, 4.69) is 30.1 Å². The van der Waals surface area contributed by atoms with Crippen molar-refractivity contribution in [3.05, 3.63) is 30.1 Å². The molecule has 0 amide bonds. The molecular formula is C15H25N3O. The minimum Gasteiger partial charge on any atom is -0.384 e. The van der Waals surface area contributed by atoms with Gasteiger partial charge in [0, 0.05) is 31.5 Å². The molecule has 0 bridgehead atoms. The first-order valence-corrected chi connectivity index (χ1v) is 7.10. The van der Waals surface area contributed by atoms with Crippen molar-refractivity contribution in [2.45, 2.75) is 45.3 Å². The minimum atomic E-state index is 0.585. The zero-order valence-electron chi connectivity index (χ0n) is 12.1. The molecule has 0 unspecified atom stereocenters. The van der Waals surface area contributed by atoms with Crippen molar-refractivity contribution in [1.29, 1.82) is 0 Å². The highest BCUT2D eigenvalue weighted by Gasteiger charge is 2.26. The van der Waals surface area contributed by atoms with E-state index in [-0.39, 0.29) is 0 Å². The van der Waals surface area contributed by atoms with Crippen LogP contribution in [0.15, 0.2) is 18.9 Å². The molecule has 4 nitrogen and oxygen atoms in total. The summed E-state index contributed by atoms with van der Waals surface area (Å²) < 4.78 is 7.25. The number of hydrogen-bond acceptors (Lipinski definition) is 3. The predicted octanol–water partition coefficient (Wildman–Crippen LogP) is 2.28. The predicted molar refractivity (Wildman–Crippen MR) is 77.0 cm³/mol. The summed E-state index contributed by atoms with van der Waals surface area (Å²) >= 11 is 0. The third-order valence-corrected chi connectivity index (χ3v) is 3.96. The Morgan fingerprint density at radius 1 is 1.58 bits per heavy atom. The van der Waals surface area contributed by atoms with Crippen LogP contribution in [0, 0.1) is 12.8 Å². The second-order valence-corrected chi connectivity index (χ2v) is 5.38. The maximum Gasteiger partial charge on any atom is 0.0638 e. The standard InChI is InChI=1S/C15H25N3O/c1-4-8-18-10-14(12(2)17-18)9-16-15-7-5-6-13(15)11-19-3/h4,10,13,15-16H,1,5-9,11H2,2-3H3/t13-,15-/m1/s1. The molecule has 0 aliphatic heterocycles. The average Bonchev–Trinajstić information content (AvgIpc) is 2.95. The van der Waals surface area contributed by atoms with Gasteiger partial charge in [-0.05, 0) is 25.7 Å². The lowest BCUT2D eigenvalue weighted by atomic mass is 10.0. The van der Waals surface area contributed by atoms with E-state index in [4.69, 9.17) is 4.74 Å². The second kappa shape index (κ2) is 6.87. The van der Waals surface area contributed by atoms with Gasteiger partial charge in [-0.1, -0.05) is 12.5 Å². The van der Waals surface area contributed by atoms with Gasteiger partial charge in [0.15, 0.2) is 0 Å². The maximum absolute atomic E-state index is 5.30. The van der Waals surface area contributed by atoms with Gasteiger partial charge in [-0.2, -0.15) is 5.10 Å². The zero-order valence-corrected chi connectivity index (χ0v) is 12.1. The van der Waals surface area contributed by atoms with E-state index in [1.54, 1.807) is 7.11 Å². The van der Waals surface area contributed by atoms with Crippen molar-refractivity contribution in [1.82, 2.24) is 15.1 Å². The lowest BCUT2D eigenvalue weighted by molar-refractivity contribution is 0.140. The highest BCUT2D eigenvalue weighted by Crippen LogP contribution is 2.26. The number of rotatable bonds is 7. The van der Waals surface area contributed by atoms with Crippen molar-refractivity contribution >= 4 is 0 Å². The summed E-state index contributed by atoms with van der Waals surface area (Å²) in [6.45, 7) is 8.35. The third kappa shape index (κ3) is 3.67. The lowest BCUT2D eigenvalue weighted by Gasteiger charge is -2.20. The van der Waals surface area contributed by atoms with Crippen LogP contribution in [0.25, 0.3) is 0 Å². The van der Waals surface area contributed by atoms with Crippen molar-refractivity contribution in [3.8, 4) is 0 Å². The van der Waals surface area contributed by atoms with Crippen LogP contribution in [0.5, 0.6) is 0 Å². The summed E-state index contributed by atoms with van der Waals surface area (Å²) in [5, 5.41) is 8.15. The molecular weight excluding hydrogens is 238 g/mol. The van der Waals surface area contributed by atoms with Gasteiger partial charge >= 0.3 is 0 Å². The molecule has 0 saturated heterocycles. The van der Waals surface area contributed by atoms with Gasteiger partial charge in [0.2, 0.25) is 0 Å². The van der Waals surface area contributed by atoms with Crippen LogP contribution in [-0.2, 0) is 17.8 Å². The Morgan fingerprint density at radius 3 is 3.16 bits per heavy atom. The number of nitrogens with one attached hydrogen (secondary N) is 1. The fourth-order valence-corrected chi connectivity index (χ4v) is 2.92. The third-order valence-electron chi connectivity index (χ3n) is 3.96. The van der Waals surface area contributed by atoms with Crippen LogP contribution in [0.4, 0.5) is 0 Å². The number of allylic oxidation sites excluding steroid dienone is 1. The molecule has 0 radical (unpaired) electrons. The van der Waals surface area contributed by atoms with E-state index in [0.29, 0.717) is 12.0 Å². The molecule has 0 aromatic carbocycles. The van der Waals surface area contributed by atoms with E-state index in [9.17, 15) is 0 Å². The average molecular weight is 263 g/mol. The van der Waals surface area contributed by atoms with E-state index >= 15 is 0 Å². The highest BCUT2D eigenvalue weighted by atomic mass is 16.5. The summed E-state index contributed by atoms with van der Waals surface area (Å²) in [7, 11) is 1.79. The van der Waals surface area contributed by atoms with Gasteiger partial charge in [0.1, 0.15) is 0 Å². The summed E-state index contributed by atoms with van der Waals surface area (Å²) in [5.41, 5.74) is 2.39. The summed E-state index contributed by atoms with van der Waals surface area (Å²) in [5.74, 6) is 0.661. The Balaban J connectivity index is 1.89. The number of nitrogens with zero attached hydrogens (tertiary/aromatic N) is 2. The van der Waals surface area contributed by atoms with Crippen molar-refractivity contribution in [2.24, 2.45) is 5.92 Å². The van der Waals surface area contributed by atoms with Gasteiger partial charge in [-0.3, -0.25) is 4.68 Å². The van der Waals surface area contributed by atoms with Crippen LogP contribution in [0.1, 0.15) is 30.5 Å². The fraction of sp³-hybridized carbons (Fsp3) is 0.667. The number of hydrogen-bond donors (Lipinski definition) is 1.